The second-order valence-corrected chi connectivity index (χ2v) is 2.54. The fraction of sp³-hybridized carbons (Fsp3) is 0.333. The minimum absolute atomic E-state index is 0.302. The van der Waals surface area contributed by atoms with Gasteiger partial charge in [-0.1, -0.05) is 0 Å². The molecule has 0 amide bonds. The van der Waals surface area contributed by atoms with Gasteiger partial charge in [-0.15, -0.1) is 4.68 Å². The van der Waals surface area contributed by atoms with Crippen molar-refractivity contribution in [3.63, 3.8) is 0 Å². The summed E-state index contributed by atoms with van der Waals surface area (Å²) in [4.78, 5) is 15.1. The Hall–Kier alpha value is -1.92. The van der Waals surface area contributed by atoms with Gasteiger partial charge in [-0.2, -0.15) is 0 Å². The van der Waals surface area contributed by atoms with E-state index in [1.165, 1.54) is 0 Å². The lowest BCUT2D eigenvalue weighted by molar-refractivity contribution is 0.479. The van der Waals surface area contributed by atoms with E-state index in [2.05, 4.69) is 20.5 Å². The normalized spacial score (nSPS) is 10.6. The van der Waals surface area contributed by atoms with Gasteiger partial charge in [0.15, 0.2) is 5.89 Å². The van der Waals surface area contributed by atoms with E-state index in [9.17, 15) is 4.79 Å². The van der Waals surface area contributed by atoms with Gasteiger partial charge < -0.3 is 4.42 Å². The summed E-state index contributed by atoms with van der Waals surface area (Å²) in [6.45, 7) is 3.43. The number of nitrogens with zero attached hydrogens (tertiary/aromatic N) is 4. The zero-order valence-electron chi connectivity index (χ0n) is 7.11. The summed E-state index contributed by atoms with van der Waals surface area (Å²) in [6.07, 6.45) is 0. The Morgan fingerprint density at radius 2 is 2.23 bits per heavy atom. The Labute approximate surface area is 72.4 Å². The first-order valence-corrected chi connectivity index (χ1v) is 3.63. The van der Waals surface area contributed by atoms with Crippen LogP contribution in [0.1, 0.15) is 11.6 Å². The van der Waals surface area contributed by atoms with Crippen molar-refractivity contribution in [3.05, 3.63) is 22.1 Å². The Bertz CT molecular complexity index is 479. The van der Waals surface area contributed by atoms with E-state index in [4.69, 9.17) is 4.42 Å². The standard InChI is InChI=1S/C6H7N5O2/c1-3-5(13-4(2)7-3)11-6(12)8-9-10-11/h1-2H3,(H,8,10,12). The van der Waals surface area contributed by atoms with Crippen LogP contribution in [-0.4, -0.2) is 25.2 Å². The molecule has 2 aromatic rings. The zero-order valence-corrected chi connectivity index (χ0v) is 7.11. The average molecular weight is 181 g/mol. The summed E-state index contributed by atoms with van der Waals surface area (Å²) in [5.41, 5.74) is 0.160. The number of hydrogen-bond donors (Lipinski definition) is 1. The molecule has 0 saturated carbocycles. The number of rotatable bonds is 1. The van der Waals surface area contributed by atoms with E-state index in [0.29, 0.717) is 17.5 Å². The van der Waals surface area contributed by atoms with E-state index >= 15 is 0 Å². The van der Waals surface area contributed by atoms with Crippen LogP contribution in [-0.2, 0) is 0 Å². The van der Waals surface area contributed by atoms with E-state index in [-0.39, 0.29) is 0 Å². The van der Waals surface area contributed by atoms with Gasteiger partial charge in [0.05, 0.1) is 0 Å². The van der Waals surface area contributed by atoms with Crippen molar-refractivity contribution in [1.82, 2.24) is 25.2 Å². The molecule has 0 aliphatic carbocycles. The maximum absolute atomic E-state index is 11.1. The maximum Gasteiger partial charge on any atom is 0.368 e. The van der Waals surface area contributed by atoms with E-state index < -0.39 is 5.69 Å². The number of aromatic amines is 1. The van der Waals surface area contributed by atoms with Crippen molar-refractivity contribution in [2.75, 3.05) is 0 Å². The predicted octanol–water partition coefficient (Wildman–Crippen LogP) is -0.440. The summed E-state index contributed by atoms with van der Waals surface area (Å²) in [7, 11) is 0. The Kier molecular flexibility index (Phi) is 1.51. The third-order valence-corrected chi connectivity index (χ3v) is 1.54. The van der Waals surface area contributed by atoms with Crippen molar-refractivity contribution in [1.29, 1.82) is 0 Å². The Morgan fingerprint density at radius 3 is 2.69 bits per heavy atom. The number of tetrazole rings is 1. The molecule has 0 aliphatic heterocycles. The largest absolute Gasteiger partial charge is 0.423 e. The first-order valence-electron chi connectivity index (χ1n) is 3.63. The van der Waals surface area contributed by atoms with Crippen LogP contribution in [0.4, 0.5) is 0 Å². The van der Waals surface area contributed by atoms with Gasteiger partial charge in [0.2, 0.25) is 5.88 Å². The molecular weight excluding hydrogens is 174 g/mol. The monoisotopic (exact) mass is 181 g/mol. The minimum atomic E-state index is -0.445. The SMILES string of the molecule is Cc1nc(C)c(-n2nn[nH]c2=O)o1. The third kappa shape index (κ3) is 1.13. The first-order chi connectivity index (χ1) is 6.18. The van der Waals surface area contributed by atoms with Crippen LogP contribution in [0, 0.1) is 13.8 Å². The van der Waals surface area contributed by atoms with Crippen LogP contribution >= 0.6 is 0 Å². The zero-order chi connectivity index (χ0) is 9.42. The Balaban J connectivity index is 2.65. The second-order valence-electron chi connectivity index (χ2n) is 2.54. The van der Waals surface area contributed by atoms with Gasteiger partial charge in [0.1, 0.15) is 5.69 Å². The number of hydrogen-bond acceptors (Lipinski definition) is 5. The quantitative estimate of drug-likeness (QED) is 0.644. The van der Waals surface area contributed by atoms with E-state index in [1.54, 1.807) is 13.8 Å². The molecule has 0 spiro atoms. The topological polar surface area (TPSA) is 89.6 Å². The molecular formula is C6H7N5O2. The molecule has 0 unspecified atom stereocenters. The van der Waals surface area contributed by atoms with Crippen LogP contribution < -0.4 is 5.69 Å². The summed E-state index contributed by atoms with van der Waals surface area (Å²) >= 11 is 0. The fourth-order valence-corrected chi connectivity index (χ4v) is 1.05. The first kappa shape index (κ1) is 7.71. The maximum atomic E-state index is 11.1. The number of oxazole rings is 1. The minimum Gasteiger partial charge on any atom is -0.423 e. The molecule has 0 radical (unpaired) electrons. The number of aryl methyl sites for hydroxylation is 2. The van der Waals surface area contributed by atoms with Gasteiger partial charge in [-0.3, -0.25) is 0 Å². The molecule has 2 heterocycles. The molecule has 7 heteroatoms. The van der Waals surface area contributed by atoms with Crippen LogP contribution in [0.15, 0.2) is 9.21 Å². The molecule has 0 bridgehead atoms. The lowest BCUT2D eigenvalue weighted by Gasteiger charge is -1.90. The van der Waals surface area contributed by atoms with Gasteiger partial charge >= 0.3 is 5.69 Å². The van der Waals surface area contributed by atoms with E-state index in [1.807, 2.05) is 0 Å². The highest BCUT2D eigenvalue weighted by atomic mass is 16.4. The molecule has 0 fully saturated rings. The van der Waals surface area contributed by atoms with Crippen molar-refractivity contribution in [3.8, 4) is 5.88 Å². The highest BCUT2D eigenvalue weighted by molar-refractivity contribution is 5.21. The number of nitrogens with one attached hydrogen (secondary N) is 1. The summed E-state index contributed by atoms with van der Waals surface area (Å²) < 4.78 is 6.19. The Morgan fingerprint density at radius 1 is 1.46 bits per heavy atom. The molecule has 7 nitrogen and oxygen atoms in total. The molecule has 0 aliphatic rings. The smallest absolute Gasteiger partial charge is 0.368 e. The van der Waals surface area contributed by atoms with Crippen molar-refractivity contribution < 1.29 is 4.42 Å². The van der Waals surface area contributed by atoms with Crippen LogP contribution in [0.5, 0.6) is 0 Å². The lowest BCUT2D eigenvalue weighted by atomic mass is 10.5. The lowest BCUT2D eigenvalue weighted by Crippen LogP contribution is -2.16. The molecule has 0 saturated heterocycles. The molecule has 0 atom stereocenters. The van der Waals surface area contributed by atoms with Crippen LogP contribution in [0.3, 0.4) is 0 Å². The van der Waals surface area contributed by atoms with Gasteiger partial charge in [-0.25, -0.2) is 14.9 Å². The van der Waals surface area contributed by atoms with Gasteiger partial charge in [0.25, 0.3) is 0 Å². The molecule has 13 heavy (non-hydrogen) atoms. The molecule has 0 aromatic carbocycles. The summed E-state index contributed by atoms with van der Waals surface area (Å²) in [5.74, 6) is 0.790. The van der Waals surface area contributed by atoms with Gasteiger partial charge in [-0.05, 0) is 17.4 Å². The average Bonchev–Trinajstić information content (AvgIpc) is 2.58. The highest BCUT2D eigenvalue weighted by Crippen LogP contribution is 2.10. The summed E-state index contributed by atoms with van der Waals surface area (Å²) in [6, 6.07) is 0. The van der Waals surface area contributed by atoms with Crippen LogP contribution in [0.25, 0.3) is 5.88 Å². The highest BCUT2D eigenvalue weighted by Gasteiger charge is 2.12. The van der Waals surface area contributed by atoms with Gasteiger partial charge in [0, 0.05) is 6.92 Å². The van der Waals surface area contributed by atoms with Crippen LogP contribution in [0.2, 0.25) is 0 Å². The van der Waals surface area contributed by atoms with Crippen molar-refractivity contribution >= 4 is 0 Å². The number of aromatic nitrogens is 5. The fourth-order valence-electron chi connectivity index (χ4n) is 1.05. The van der Waals surface area contributed by atoms with E-state index in [0.717, 1.165) is 4.68 Å². The van der Waals surface area contributed by atoms with Crippen molar-refractivity contribution in [2.45, 2.75) is 13.8 Å². The third-order valence-electron chi connectivity index (χ3n) is 1.54. The summed E-state index contributed by atoms with van der Waals surface area (Å²) in [5, 5.41) is 9.02. The molecule has 68 valence electrons. The number of H-pyrrole nitrogens is 1. The molecule has 1 N–H and O–H groups in total. The molecule has 2 rings (SSSR count). The predicted molar refractivity (Wildman–Crippen MR) is 41.5 cm³/mol. The second kappa shape index (κ2) is 2.54. The van der Waals surface area contributed by atoms with Crippen molar-refractivity contribution in [2.24, 2.45) is 0 Å². The molecule has 2 aromatic heterocycles.